The molecule has 0 aliphatic carbocycles. The van der Waals surface area contributed by atoms with Gasteiger partial charge in [-0.05, 0) is 30.0 Å². The highest BCUT2D eigenvalue weighted by Crippen LogP contribution is 2.45. The highest BCUT2D eigenvalue weighted by molar-refractivity contribution is 8.17. The van der Waals surface area contributed by atoms with Crippen molar-refractivity contribution in [3.63, 3.8) is 0 Å². The maximum Gasteiger partial charge on any atom is 0.176 e. The quantitative estimate of drug-likeness (QED) is 0.865. The number of hydrogen-bond donors (Lipinski definition) is 0. The van der Waals surface area contributed by atoms with Gasteiger partial charge in [0, 0.05) is 22.4 Å². The van der Waals surface area contributed by atoms with Gasteiger partial charge in [0.2, 0.25) is 0 Å². The number of thioether (sulfide) groups is 1. The maximum atomic E-state index is 5.59. The molecule has 0 N–H and O–H groups in total. The summed E-state index contributed by atoms with van der Waals surface area (Å²) in [6, 6.07) is 6.01. The lowest BCUT2D eigenvalue weighted by atomic mass is 10.1. The number of furan rings is 1. The van der Waals surface area contributed by atoms with Crippen LogP contribution in [-0.2, 0) is 0 Å². The Hall–Kier alpha value is -2.14. The average Bonchev–Trinajstić information content (AvgIpc) is 3.20. The zero-order chi connectivity index (χ0) is 14.4. The second kappa shape index (κ2) is 4.70. The van der Waals surface area contributed by atoms with E-state index in [1.807, 2.05) is 18.2 Å². The van der Waals surface area contributed by atoms with Crippen LogP contribution in [0.4, 0.5) is 0 Å². The van der Waals surface area contributed by atoms with Crippen molar-refractivity contribution < 1.29 is 9.15 Å². The van der Waals surface area contributed by atoms with Crippen LogP contribution in [0.15, 0.2) is 51.4 Å². The summed E-state index contributed by atoms with van der Waals surface area (Å²) in [5.74, 6) is 0.750. The molecule has 0 bridgehead atoms. The lowest BCUT2D eigenvalue weighted by molar-refractivity contribution is 0.410. The molecule has 4 rings (SSSR count). The Balaban J connectivity index is 1.96. The van der Waals surface area contributed by atoms with E-state index in [4.69, 9.17) is 9.15 Å². The molecule has 1 aromatic heterocycles. The van der Waals surface area contributed by atoms with Crippen LogP contribution < -0.4 is 4.74 Å². The number of amidine groups is 1. The molecule has 5 heteroatoms. The molecule has 0 amide bonds. The Kier molecular flexibility index (Phi) is 2.82. The summed E-state index contributed by atoms with van der Waals surface area (Å²) in [7, 11) is 1.65. The van der Waals surface area contributed by atoms with E-state index in [0.29, 0.717) is 0 Å². The molecule has 3 heterocycles. The summed E-state index contributed by atoms with van der Waals surface area (Å²) in [5, 5.41) is 2.12. The second-order valence-electron chi connectivity index (χ2n) is 4.81. The van der Waals surface area contributed by atoms with Gasteiger partial charge >= 0.3 is 0 Å². The molecule has 0 saturated carbocycles. The van der Waals surface area contributed by atoms with Crippen LogP contribution in [0, 0.1) is 0 Å². The molecule has 0 unspecified atom stereocenters. The van der Waals surface area contributed by atoms with E-state index in [1.165, 1.54) is 5.70 Å². The molecule has 0 fully saturated rings. The Morgan fingerprint density at radius 2 is 2.33 bits per heavy atom. The van der Waals surface area contributed by atoms with Gasteiger partial charge in [-0.3, -0.25) is 4.99 Å². The van der Waals surface area contributed by atoms with Crippen LogP contribution >= 0.6 is 11.8 Å². The third kappa shape index (κ3) is 1.74. The first kappa shape index (κ1) is 12.6. The van der Waals surface area contributed by atoms with E-state index in [2.05, 4.69) is 22.5 Å². The third-order valence-corrected chi connectivity index (χ3v) is 4.86. The van der Waals surface area contributed by atoms with Gasteiger partial charge in [0.05, 0.1) is 25.6 Å². The zero-order valence-corrected chi connectivity index (χ0v) is 12.4. The summed E-state index contributed by atoms with van der Waals surface area (Å²) in [6.07, 6.45) is 3.60. The number of fused-ring (bicyclic) bond motifs is 2. The molecule has 21 heavy (non-hydrogen) atoms. The number of methoxy groups -OCH3 is 1. The van der Waals surface area contributed by atoms with Crippen molar-refractivity contribution in [2.24, 2.45) is 4.99 Å². The van der Waals surface area contributed by atoms with E-state index in [0.717, 1.165) is 45.4 Å². The molecule has 0 saturated heterocycles. The van der Waals surface area contributed by atoms with E-state index in [-0.39, 0.29) is 0 Å². The van der Waals surface area contributed by atoms with Crippen LogP contribution in [-0.4, -0.2) is 30.3 Å². The number of nitrogens with zero attached hydrogens (tertiary/aromatic N) is 2. The zero-order valence-electron chi connectivity index (χ0n) is 11.6. The Bertz CT molecular complexity index is 804. The molecule has 2 aliphatic heterocycles. The summed E-state index contributed by atoms with van der Waals surface area (Å²) in [5.41, 5.74) is 3.08. The van der Waals surface area contributed by atoms with Crippen LogP contribution in [0.1, 0.15) is 5.56 Å². The smallest absolute Gasteiger partial charge is 0.176 e. The van der Waals surface area contributed by atoms with Gasteiger partial charge in [0.25, 0.3) is 0 Å². The molecule has 0 spiro atoms. The van der Waals surface area contributed by atoms with Gasteiger partial charge in [0.1, 0.15) is 0 Å². The number of ether oxygens (including phenoxy) is 1. The predicted molar refractivity (Wildman–Crippen MR) is 86.5 cm³/mol. The number of hydrogen-bond acceptors (Lipinski definition) is 5. The van der Waals surface area contributed by atoms with Crippen molar-refractivity contribution in [3.05, 3.63) is 47.6 Å². The Morgan fingerprint density at radius 3 is 3.14 bits per heavy atom. The summed E-state index contributed by atoms with van der Waals surface area (Å²) in [6.45, 7) is 5.70. The van der Waals surface area contributed by atoms with Crippen LogP contribution in [0.2, 0.25) is 0 Å². The Labute approximate surface area is 126 Å². The largest absolute Gasteiger partial charge is 0.493 e. The molecule has 1 aromatic carbocycles. The van der Waals surface area contributed by atoms with Crippen LogP contribution in [0.5, 0.6) is 5.75 Å². The Morgan fingerprint density at radius 1 is 1.43 bits per heavy atom. The summed E-state index contributed by atoms with van der Waals surface area (Å²) < 4.78 is 11.0. The van der Waals surface area contributed by atoms with Gasteiger partial charge in [-0.25, -0.2) is 0 Å². The maximum absolute atomic E-state index is 5.59. The fraction of sp³-hybridized carbons (Fsp3) is 0.188. The summed E-state index contributed by atoms with van der Waals surface area (Å²) in [4.78, 5) is 7.94. The molecule has 2 aliphatic rings. The molecule has 0 radical (unpaired) electrons. The lowest BCUT2D eigenvalue weighted by Gasteiger charge is -2.18. The number of aliphatic imine (C=N–C) groups is 1. The van der Waals surface area contributed by atoms with E-state index in [9.17, 15) is 0 Å². The predicted octanol–water partition coefficient (Wildman–Crippen LogP) is 3.71. The van der Waals surface area contributed by atoms with Gasteiger partial charge in [-0.1, -0.05) is 12.7 Å². The molecular formula is C16H14N2O2S. The highest BCUT2D eigenvalue weighted by atomic mass is 32.2. The number of benzene rings is 1. The van der Waals surface area contributed by atoms with Gasteiger partial charge < -0.3 is 14.1 Å². The first-order chi connectivity index (χ1) is 10.3. The monoisotopic (exact) mass is 298 g/mol. The van der Waals surface area contributed by atoms with Gasteiger partial charge in [-0.15, -0.1) is 0 Å². The lowest BCUT2D eigenvalue weighted by Crippen LogP contribution is -2.20. The van der Waals surface area contributed by atoms with E-state index in [1.54, 1.807) is 25.1 Å². The molecule has 0 atom stereocenters. The first-order valence-corrected chi connectivity index (χ1v) is 7.56. The minimum absolute atomic E-state index is 0.750. The van der Waals surface area contributed by atoms with Crippen molar-refractivity contribution in [3.8, 4) is 5.75 Å². The normalized spacial score (nSPS) is 17.4. The SMILES string of the molecule is C=CC1=C(c2ccc(OC)c3occc23)N2CCN=C2S1. The van der Waals surface area contributed by atoms with Gasteiger partial charge in [-0.2, -0.15) is 0 Å². The molecular weight excluding hydrogens is 284 g/mol. The van der Waals surface area contributed by atoms with E-state index < -0.39 is 0 Å². The summed E-state index contributed by atoms with van der Waals surface area (Å²) >= 11 is 1.68. The third-order valence-electron chi connectivity index (χ3n) is 3.75. The van der Waals surface area contributed by atoms with Crippen LogP contribution in [0.3, 0.4) is 0 Å². The minimum Gasteiger partial charge on any atom is -0.493 e. The van der Waals surface area contributed by atoms with Crippen molar-refractivity contribution >= 4 is 33.6 Å². The average molecular weight is 298 g/mol. The van der Waals surface area contributed by atoms with Crippen LogP contribution in [0.25, 0.3) is 16.7 Å². The fourth-order valence-corrected chi connectivity index (χ4v) is 3.87. The molecule has 106 valence electrons. The number of allylic oxidation sites excluding steroid dienone is 1. The van der Waals surface area contributed by atoms with Crippen molar-refractivity contribution in [2.75, 3.05) is 20.2 Å². The second-order valence-corrected chi connectivity index (χ2v) is 5.82. The minimum atomic E-state index is 0.750. The van der Waals surface area contributed by atoms with Gasteiger partial charge in [0.15, 0.2) is 16.5 Å². The fourth-order valence-electron chi connectivity index (χ4n) is 2.82. The van der Waals surface area contributed by atoms with Crippen molar-refractivity contribution in [1.29, 1.82) is 0 Å². The first-order valence-electron chi connectivity index (χ1n) is 6.74. The standard InChI is InChI=1S/C16H14N2O2S/c1-3-13-14(18-8-7-17-16(18)21-13)10-4-5-12(19-2)15-11(10)6-9-20-15/h3-6,9H,1,7-8H2,2H3. The molecule has 2 aromatic rings. The van der Waals surface area contributed by atoms with E-state index >= 15 is 0 Å². The number of rotatable bonds is 3. The van der Waals surface area contributed by atoms with Crippen molar-refractivity contribution in [2.45, 2.75) is 0 Å². The molecule has 4 nitrogen and oxygen atoms in total. The topological polar surface area (TPSA) is 38.0 Å². The highest BCUT2D eigenvalue weighted by Gasteiger charge is 2.32. The van der Waals surface area contributed by atoms with Crippen molar-refractivity contribution in [1.82, 2.24) is 4.90 Å².